The Kier molecular flexibility index (Phi) is 6.38. The molecule has 0 fully saturated rings. The highest BCUT2D eigenvalue weighted by Crippen LogP contribution is 2.26. The van der Waals surface area contributed by atoms with E-state index in [9.17, 15) is 9.59 Å². The molecule has 0 unspecified atom stereocenters. The van der Waals surface area contributed by atoms with Gasteiger partial charge in [0.05, 0.1) is 23.5 Å². The highest BCUT2D eigenvalue weighted by atomic mass is 79.9. The Morgan fingerprint density at radius 1 is 1.12 bits per heavy atom. The lowest BCUT2D eigenvalue weighted by atomic mass is 10.1. The van der Waals surface area contributed by atoms with E-state index in [2.05, 4.69) is 36.6 Å². The Labute approximate surface area is 196 Å². The van der Waals surface area contributed by atoms with E-state index in [4.69, 9.17) is 16.3 Å². The maximum Gasteiger partial charge on any atom is 0.343 e. The average molecular weight is 515 g/mol. The molecule has 0 saturated heterocycles. The van der Waals surface area contributed by atoms with Gasteiger partial charge in [-0.3, -0.25) is 0 Å². The number of hydrogen-bond donors (Lipinski definition) is 2. The van der Waals surface area contributed by atoms with Crippen LogP contribution in [0, 0.1) is 0 Å². The van der Waals surface area contributed by atoms with Gasteiger partial charge in [0, 0.05) is 27.6 Å². The number of amides is 2. The van der Waals surface area contributed by atoms with Gasteiger partial charge in [-0.15, -0.1) is 0 Å². The Hall–Kier alpha value is -3.43. The van der Waals surface area contributed by atoms with Gasteiger partial charge in [0.25, 0.3) is 0 Å². The molecule has 0 aliphatic heterocycles. The topological polar surface area (TPSA) is 97.6 Å². The molecule has 0 saturated carbocycles. The van der Waals surface area contributed by atoms with Gasteiger partial charge in [-0.1, -0.05) is 23.7 Å². The molecule has 8 nitrogen and oxygen atoms in total. The third-order valence-corrected chi connectivity index (χ3v) is 5.72. The van der Waals surface area contributed by atoms with Gasteiger partial charge in [0.2, 0.25) is 0 Å². The number of fused-ring (bicyclic) bond motifs is 1. The van der Waals surface area contributed by atoms with Crippen molar-refractivity contribution in [1.29, 1.82) is 0 Å². The van der Waals surface area contributed by atoms with Gasteiger partial charge in [-0.2, -0.15) is 5.10 Å². The molecule has 0 bridgehead atoms. The van der Waals surface area contributed by atoms with E-state index < -0.39 is 12.0 Å². The summed E-state index contributed by atoms with van der Waals surface area (Å²) in [5.41, 5.74) is 3.30. The molecule has 162 valence electrons. The largest absolute Gasteiger partial charge is 0.462 e. The van der Waals surface area contributed by atoms with E-state index in [-0.39, 0.29) is 12.2 Å². The normalized spacial score (nSPS) is 10.7. The van der Waals surface area contributed by atoms with Gasteiger partial charge in [-0.05, 0) is 59.3 Å². The number of carbonyl (C=O) groups excluding carboxylic acids is 2. The second-order valence-electron chi connectivity index (χ2n) is 6.63. The molecular formula is C22H17BrClN5O3. The summed E-state index contributed by atoms with van der Waals surface area (Å²) in [6.45, 7) is 2.00. The van der Waals surface area contributed by atoms with E-state index in [1.807, 2.05) is 12.1 Å². The van der Waals surface area contributed by atoms with Gasteiger partial charge < -0.3 is 15.4 Å². The van der Waals surface area contributed by atoms with E-state index in [0.717, 1.165) is 10.0 Å². The number of carbonyl (C=O) groups is 2. The molecule has 2 aromatic heterocycles. The number of esters is 1. The number of rotatable bonds is 5. The molecule has 2 heterocycles. The molecule has 0 aliphatic rings. The molecule has 10 heteroatoms. The standard InChI is InChI=1S/C22H17BrClN5O3/c1-2-32-21(30)16-12-26-29-19(8-9-25-20(16)29)13-4-3-5-14(10-13)27-22(31)28-15-6-7-17(23)18(24)11-15/h3-12H,2H2,1H3,(H2,27,28,31). The summed E-state index contributed by atoms with van der Waals surface area (Å²) in [7, 11) is 0. The first kappa shape index (κ1) is 21.8. The zero-order chi connectivity index (χ0) is 22.7. The van der Waals surface area contributed by atoms with Crippen molar-refractivity contribution in [3.05, 3.63) is 76.0 Å². The molecule has 2 N–H and O–H groups in total. The fourth-order valence-corrected chi connectivity index (χ4v) is 3.51. The van der Waals surface area contributed by atoms with Crippen LogP contribution in [0.15, 0.2) is 65.4 Å². The monoisotopic (exact) mass is 513 g/mol. The Morgan fingerprint density at radius 2 is 1.91 bits per heavy atom. The number of halogens is 2. The van der Waals surface area contributed by atoms with Crippen molar-refractivity contribution in [3.63, 3.8) is 0 Å². The van der Waals surface area contributed by atoms with Crippen molar-refractivity contribution in [2.24, 2.45) is 0 Å². The first-order chi connectivity index (χ1) is 15.5. The lowest BCUT2D eigenvalue weighted by Crippen LogP contribution is -2.19. The van der Waals surface area contributed by atoms with Gasteiger partial charge >= 0.3 is 12.0 Å². The number of anilines is 2. The third kappa shape index (κ3) is 4.58. The zero-order valence-corrected chi connectivity index (χ0v) is 19.1. The predicted molar refractivity (Wildman–Crippen MR) is 126 cm³/mol. The molecule has 2 aromatic carbocycles. The van der Waals surface area contributed by atoms with Crippen molar-refractivity contribution in [1.82, 2.24) is 14.6 Å². The lowest BCUT2D eigenvalue weighted by molar-refractivity contribution is 0.0528. The second-order valence-corrected chi connectivity index (χ2v) is 7.89. The SMILES string of the molecule is CCOC(=O)c1cnn2c(-c3cccc(NC(=O)Nc4ccc(Br)c(Cl)c4)c3)ccnc12. The van der Waals surface area contributed by atoms with Crippen molar-refractivity contribution in [3.8, 4) is 11.3 Å². The van der Waals surface area contributed by atoms with E-state index in [1.165, 1.54) is 6.20 Å². The lowest BCUT2D eigenvalue weighted by Gasteiger charge is -2.10. The van der Waals surface area contributed by atoms with Crippen molar-refractivity contribution < 1.29 is 14.3 Å². The van der Waals surface area contributed by atoms with Crippen LogP contribution in [-0.2, 0) is 4.74 Å². The Bertz CT molecular complexity index is 1320. The number of nitrogens with zero attached hydrogens (tertiary/aromatic N) is 3. The van der Waals surface area contributed by atoms with Gasteiger partial charge in [0.15, 0.2) is 5.65 Å². The summed E-state index contributed by atoms with van der Waals surface area (Å²) >= 11 is 9.39. The van der Waals surface area contributed by atoms with Crippen LogP contribution in [0.4, 0.5) is 16.2 Å². The number of benzene rings is 2. The van der Waals surface area contributed by atoms with E-state index in [1.54, 1.807) is 54.0 Å². The fraction of sp³-hybridized carbons (Fsp3) is 0.0909. The van der Waals surface area contributed by atoms with Crippen molar-refractivity contribution >= 4 is 56.6 Å². The summed E-state index contributed by atoms with van der Waals surface area (Å²) in [4.78, 5) is 28.8. The zero-order valence-electron chi connectivity index (χ0n) is 16.8. The smallest absolute Gasteiger partial charge is 0.343 e. The minimum Gasteiger partial charge on any atom is -0.462 e. The first-order valence-corrected chi connectivity index (χ1v) is 10.8. The highest BCUT2D eigenvalue weighted by molar-refractivity contribution is 9.10. The average Bonchev–Trinajstić information content (AvgIpc) is 3.21. The van der Waals surface area contributed by atoms with Crippen LogP contribution < -0.4 is 10.6 Å². The minimum absolute atomic E-state index is 0.262. The third-order valence-electron chi connectivity index (χ3n) is 4.49. The molecule has 4 aromatic rings. The second kappa shape index (κ2) is 9.37. The van der Waals surface area contributed by atoms with Crippen LogP contribution in [-0.4, -0.2) is 33.2 Å². The molecular weight excluding hydrogens is 498 g/mol. The van der Waals surface area contributed by atoms with Gasteiger partial charge in [-0.25, -0.2) is 19.1 Å². The van der Waals surface area contributed by atoms with Crippen LogP contribution in [0.1, 0.15) is 17.3 Å². The van der Waals surface area contributed by atoms with Crippen LogP contribution in [0.2, 0.25) is 5.02 Å². The summed E-state index contributed by atoms with van der Waals surface area (Å²) in [5.74, 6) is -0.479. The van der Waals surface area contributed by atoms with Crippen LogP contribution in [0.25, 0.3) is 16.9 Å². The summed E-state index contributed by atoms with van der Waals surface area (Å²) in [6.07, 6.45) is 3.03. The molecule has 0 spiro atoms. The Morgan fingerprint density at radius 3 is 2.66 bits per heavy atom. The van der Waals surface area contributed by atoms with Crippen molar-refractivity contribution in [2.45, 2.75) is 6.92 Å². The maximum atomic E-state index is 12.4. The number of aromatic nitrogens is 3. The summed E-state index contributed by atoms with van der Waals surface area (Å²) in [6, 6.07) is 13.7. The predicted octanol–water partition coefficient (Wildman–Crippen LogP) is 5.63. The molecule has 0 aliphatic carbocycles. The van der Waals surface area contributed by atoms with Crippen LogP contribution in [0.3, 0.4) is 0 Å². The number of nitrogens with one attached hydrogen (secondary N) is 2. The molecule has 2 amide bonds. The molecule has 0 radical (unpaired) electrons. The summed E-state index contributed by atoms with van der Waals surface area (Å²) in [5, 5.41) is 10.3. The summed E-state index contributed by atoms with van der Waals surface area (Å²) < 4.78 is 7.37. The number of ether oxygens (including phenoxy) is 1. The maximum absolute atomic E-state index is 12.4. The fourth-order valence-electron chi connectivity index (χ4n) is 3.09. The molecule has 32 heavy (non-hydrogen) atoms. The number of urea groups is 1. The van der Waals surface area contributed by atoms with Crippen molar-refractivity contribution in [2.75, 3.05) is 17.2 Å². The van der Waals surface area contributed by atoms with Crippen LogP contribution >= 0.6 is 27.5 Å². The van der Waals surface area contributed by atoms with Gasteiger partial charge in [0.1, 0.15) is 5.56 Å². The minimum atomic E-state index is -0.479. The number of hydrogen-bond acceptors (Lipinski definition) is 5. The first-order valence-electron chi connectivity index (χ1n) is 9.59. The van der Waals surface area contributed by atoms with Crippen LogP contribution in [0.5, 0.6) is 0 Å². The molecule has 0 atom stereocenters. The van der Waals surface area contributed by atoms with E-state index in [0.29, 0.717) is 27.7 Å². The quantitative estimate of drug-likeness (QED) is 0.336. The Balaban J connectivity index is 1.58. The highest BCUT2D eigenvalue weighted by Gasteiger charge is 2.17. The molecule has 4 rings (SSSR count). The van der Waals surface area contributed by atoms with E-state index >= 15 is 0 Å².